The highest BCUT2D eigenvalue weighted by Gasteiger charge is 2.23. The molecule has 1 aliphatic heterocycles. The Labute approximate surface area is 121 Å². The van der Waals surface area contributed by atoms with Crippen molar-refractivity contribution in [2.24, 2.45) is 5.92 Å². The van der Waals surface area contributed by atoms with Gasteiger partial charge in [0.05, 0.1) is 6.54 Å². The average Bonchev–Trinajstić information content (AvgIpc) is 2.81. The van der Waals surface area contributed by atoms with Gasteiger partial charge in [-0.15, -0.1) is 0 Å². The van der Waals surface area contributed by atoms with Gasteiger partial charge in [-0.3, -0.25) is 9.69 Å². The van der Waals surface area contributed by atoms with E-state index in [9.17, 15) is 4.79 Å². The van der Waals surface area contributed by atoms with Crippen LogP contribution in [0.4, 0.5) is 5.69 Å². The summed E-state index contributed by atoms with van der Waals surface area (Å²) in [6.07, 6.45) is 1.18. The lowest BCUT2D eigenvalue weighted by molar-refractivity contribution is -0.117. The monoisotopic (exact) mass is 275 g/mol. The molecular formula is C16H25N3O. The summed E-state index contributed by atoms with van der Waals surface area (Å²) in [6, 6.07) is 6.14. The van der Waals surface area contributed by atoms with Crippen LogP contribution in [0, 0.1) is 19.8 Å². The second kappa shape index (κ2) is 6.86. The molecule has 0 bridgehead atoms. The van der Waals surface area contributed by atoms with E-state index in [0.717, 1.165) is 30.9 Å². The number of hydrogen-bond acceptors (Lipinski definition) is 3. The van der Waals surface area contributed by atoms with Crippen LogP contribution in [0.1, 0.15) is 17.5 Å². The maximum atomic E-state index is 12.1. The van der Waals surface area contributed by atoms with Crippen LogP contribution in [0.2, 0.25) is 0 Å². The Balaban J connectivity index is 1.85. The Bertz CT molecular complexity index is 473. The van der Waals surface area contributed by atoms with Crippen molar-refractivity contribution < 1.29 is 4.79 Å². The van der Waals surface area contributed by atoms with Gasteiger partial charge < -0.3 is 10.6 Å². The zero-order valence-corrected chi connectivity index (χ0v) is 12.7. The van der Waals surface area contributed by atoms with Crippen molar-refractivity contribution in [2.45, 2.75) is 20.3 Å². The normalized spacial score (nSPS) is 19.2. The summed E-state index contributed by atoms with van der Waals surface area (Å²) >= 11 is 0. The van der Waals surface area contributed by atoms with Gasteiger partial charge in [-0.25, -0.2) is 0 Å². The van der Waals surface area contributed by atoms with Crippen molar-refractivity contribution in [3.05, 3.63) is 29.3 Å². The number of carbonyl (C=O) groups excluding carboxylic acids is 1. The third kappa shape index (κ3) is 4.05. The molecule has 0 spiro atoms. The summed E-state index contributed by atoms with van der Waals surface area (Å²) in [7, 11) is 1.98. The van der Waals surface area contributed by atoms with Crippen LogP contribution in [0.25, 0.3) is 0 Å². The number of aryl methyl sites for hydroxylation is 2. The number of nitrogens with zero attached hydrogens (tertiary/aromatic N) is 1. The number of nitrogens with one attached hydrogen (secondary N) is 2. The largest absolute Gasteiger partial charge is 0.325 e. The summed E-state index contributed by atoms with van der Waals surface area (Å²) in [4.78, 5) is 14.4. The molecule has 1 aliphatic rings. The molecule has 1 unspecified atom stereocenters. The molecule has 1 aromatic rings. The molecule has 4 nitrogen and oxygen atoms in total. The van der Waals surface area contributed by atoms with Crippen LogP contribution in [-0.4, -0.2) is 44.0 Å². The van der Waals surface area contributed by atoms with Gasteiger partial charge in [0.2, 0.25) is 5.91 Å². The summed E-state index contributed by atoms with van der Waals surface area (Å²) < 4.78 is 0. The highest BCUT2D eigenvalue weighted by Crippen LogP contribution is 2.18. The Kier molecular flexibility index (Phi) is 5.15. The molecule has 1 fully saturated rings. The van der Waals surface area contributed by atoms with Gasteiger partial charge in [-0.2, -0.15) is 0 Å². The Morgan fingerprint density at radius 2 is 2.20 bits per heavy atom. The molecule has 2 rings (SSSR count). The SMILES string of the molecule is CNCC1CCN(CC(=O)Nc2cc(C)ccc2C)C1. The second-order valence-electron chi connectivity index (χ2n) is 5.81. The van der Waals surface area contributed by atoms with Gasteiger partial charge in [0.15, 0.2) is 0 Å². The highest BCUT2D eigenvalue weighted by molar-refractivity contribution is 5.93. The highest BCUT2D eigenvalue weighted by atomic mass is 16.2. The van der Waals surface area contributed by atoms with E-state index in [1.165, 1.54) is 12.0 Å². The maximum Gasteiger partial charge on any atom is 0.238 e. The Morgan fingerprint density at radius 1 is 1.40 bits per heavy atom. The Hall–Kier alpha value is -1.39. The van der Waals surface area contributed by atoms with Gasteiger partial charge >= 0.3 is 0 Å². The van der Waals surface area contributed by atoms with E-state index in [-0.39, 0.29) is 5.91 Å². The molecule has 0 aliphatic carbocycles. The van der Waals surface area contributed by atoms with Gasteiger partial charge in [0, 0.05) is 12.2 Å². The minimum absolute atomic E-state index is 0.0869. The zero-order valence-electron chi connectivity index (χ0n) is 12.7. The molecule has 0 radical (unpaired) electrons. The summed E-state index contributed by atoms with van der Waals surface area (Å²) in [5.41, 5.74) is 3.21. The quantitative estimate of drug-likeness (QED) is 0.861. The predicted molar refractivity (Wildman–Crippen MR) is 83.0 cm³/mol. The third-order valence-corrected chi connectivity index (χ3v) is 3.90. The summed E-state index contributed by atoms with van der Waals surface area (Å²) in [5, 5.41) is 6.24. The lowest BCUT2D eigenvalue weighted by Crippen LogP contribution is -2.32. The van der Waals surface area contributed by atoms with E-state index >= 15 is 0 Å². The number of amides is 1. The molecule has 1 atom stereocenters. The van der Waals surface area contributed by atoms with E-state index < -0.39 is 0 Å². The molecule has 1 amide bonds. The fourth-order valence-electron chi connectivity index (χ4n) is 2.78. The van der Waals surface area contributed by atoms with Gasteiger partial charge in [-0.1, -0.05) is 12.1 Å². The number of rotatable bonds is 5. The van der Waals surface area contributed by atoms with Crippen molar-refractivity contribution in [1.29, 1.82) is 0 Å². The van der Waals surface area contributed by atoms with Gasteiger partial charge in [0.25, 0.3) is 0 Å². The van der Waals surface area contributed by atoms with E-state index in [0.29, 0.717) is 12.5 Å². The van der Waals surface area contributed by atoms with E-state index in [4.69, 9.17) is 0 Å². The van der Waals surface area contributed by atoms with Gasteiger partial charge in [-0.05, 0) is 63.5 Å². The van der Waals surface area contributed by atoms with Crippen molar-refractivity contribution >= 4 is 11.6 Å². The number of benzene rings is 1. The minimum Gasteiger partial charge on any atom is -0.325 e. The van der Waals surface area contributed by atoms with Crippen LogP contribution in [-0.2, 0) is 4.79 Å². The topological polar surface area (TPSA) is 44.4 Å². The van der Waals surface area contributed by atoms with Crippen LogP contribution in [0.15, 0.2) is 18.2 Å². The minimum atomic E-state index is 0.0869. The molecule has 0 aromatic heterocycles. The standard InChI is InChI=1S/C16H25N3O/c1-12-4-5-13(2)15(8-12)18-16(20)11-19-7-6-14(10-19)9-17-3/h4-5,8,14,17H,6-7,9-11H2,1-3H3,(H,18,20). The fraction of sp³-hybridized carbons (Fsp3) is 0.562. The van der Waals surface area contributed by atoms with Crippen LogP contribution in [0.5, 0.6) is 0 Å². The molecular weight excluding hydrogens is 250 g/mol. The second-order valence-corrected chi connectivity index (χ2v) is 5.81. The lowest BCUT2D eigenvalue weighted by Gasteiger charge is -2.16. The summed E-state index contributed by atoms with van der Waals surface area (Å²) in [5.74, 6) is 0.761. The van der Waals surface area contributed by atoms with Crippen molar-refractivity contribution in [3.8, 4) is 0 Å². The average molecular weight is 275 g/mol. The molecule has 4 heteroatoms. The first kappa shape index (κ1) is 15.0. The first-order valence-electron chi connectivity index (χ1n) is 7.32. The Morgan fingerprint density at radius 3 is 2.95 bits per heavy atom. The zero-order chi connectivity index (χ0) is 14.5. The van der Waals surface area contributed by atoms with Gasteiger partial charge in [0.1, 0.15) is 0 Å². The molecule has 2 N–H and O–H groups in total. The molecule has 1 heterocycles. The van der Waals surface area contributed by atoms with E-state index in [2.05, 4.69) is 21.6 Å². The predicted octanol–water partition coefficient (Wildman–Crippen LogP) is 1.78. The van der Waals surface area contributed by atoms with Crippen molar-refractivity contribution in [2.75, 3.05) is 38.5 Å². The smallest absolute Gasteiger partial charge is 0.238 e. The first-order valence-corrected chi connectivity index (χ1v) is 7.32. The van der Waals surface area contributed by atoms with Crippen LogP contribution in [0.3, 0.4) is 0 Å². The number of likely N-dealkylation sites (tertiary alicyclic amines) is 1. The fourth-order valence-corrected chi connectivity index (χ4v) is 2.78. The lowest BCUT2D eigenvalue weighted by atomic mass is 10.1. The van der Waals surface area contributed by atoms with E-state index in [1.54, 1.807) is 0 Å². The number of hydrogen-bond donors (Lipinski definition) is 2. The van der Waals surface area contributed by atoms with E-state index in [1.807, 2.05) is 33.0 Å². The van der Waals surface area contributed by atoms with Crippen LogP contribution >= 0.6 is 0 Å². The molecule has 20 heavy (non-hydrogen) atoms. The number of anilines is 1. The number of carbonyl (C=O) groups is 1. The van der Waals surface area contributed by atoms with Crippen molar-refractivity contribution in [1.82, 2.24) is 10.2 Å². The first-order chi connectivity index (χ1) is 9.58. The molecule has 110 valence electrons. The van der Waals surface area contributed by atoms with Crippen LogP contribution < -0.4 is 10.6 Å². The molecule has 0 saturated carbocycles. The molecule has 1 aromatic carbocycles. The molecule has 1 saturated heterocycles. The maximum absolute atomic E-state index is 12.1. The summed E-state index contributed by atoms with van der Waals surface area (Å²) in [6.45, 7) is 7.63. The van der Waals surface area contributed by atoms with Crippen molar-refractivity contribution in [3.63, 3.8) is 0 Å². The third-order valence-electron chi connectivity index (χ3n) is 3.90.